The van der Waals surface area contributed by atoms with Crippen molar-refractivity contribution in [3.63, 3.8) is 0 Å². The molecule has 0 aromatic carbocycles. The van der Waals surface area contributed by atoms with Gasteiger partial charge in [-0.25, -0.2) is 0 Å². The van der Waals surface area contributed by atoms with Crippen molar-refractivity contribution in [2.45, 2.75) is 142 Å². The molecule has 2 aliphatic heterocycles. The average molecular weight is 459 g/mol. The Morgan fingerprint density at radius 2 is 1.09 bits per heavy atom. The van der Waals surface area contributed by atoms with E-state index in [0.717, 1.165) is 76.4 Å². The van der Waals surface area contributed by atoms with Gasteiger partial charge in [0.1, 0.15) is 0 Å². The molecule has 2 rings (SSSR count). The quantitative estimate of drug-likeness (QED) is 0.219. The number of unbranched alkanes of at least 4 members (excludes halogenated alkanes) is 4. The lowest BCUT2D eigenvalue weighted by Gasteiger charge is -2.45. The summed E-state index contributed by atoms with van der Waals surface area (Å²) < 4.78 is 19.3. The molecule has 188 valence electrons. The largest absolute Gasteiger partial charge is 0.349 e. The van der Waals surface area contributed by atoms with Crippen LogP contribution in [-0.2, 0) is 14.2 Å². The van der Waals surface area contributed by atoms with Crippen molar-refractivity contribution in [3.8, 4) is 23.7 Å². The van der Waals surface area contributed by atoms with Crippen molar-refractivity contribution < 1.29 is 14.2 Å². The lowest BCUT2D eigenvalue weighted by atomic mass is 9.98. The molecule has 2 unspecified atom stereocenters. The van der Waals surface area contributed by atoms with Crippen LogP contribution in [0.25, 0.3) is 0 Å². The Morgan fingerprint density at radius 3 is 1.45 bits per heavy atom. The zero-order valence-corrected chi connectivity index (χ0v) is 22.1. The van der Waals surface area contributed by atoms with Crippen molar-refractivity contribution >= 4 is 0 Å². The van der Waals surface area contributed by atoms with E-state index >= 15 is 0 Å². The molecule has 2 heterocycles. The van der Waals surface area contributed by atoms with Gasteiger partial charge in [-0.15, -0.1) is 11.8 Å². The fourth-order valence-corrected chi connectivity index (χ4v) is 4.61. The summed E-state index contributed by atoms with van der Waals surface area (Å²) in [4.78, 5) is 0. The highest BCUT2D eigenvalue weighted by molar-refractivity contribution is 5.06. The summed E-state index contributed by atoms with van der Waals surface area (Å²) in [6.45, 7) is 10.6. The third-order valence-electron chi connectivity index (χ3n) is 6.64. The summed E-state index contributed by atoms with van der Waals surface area (Å²) in [5.74, 6) is 13.8. The molecule has 0 spiro atoms. The SMILES string of the molecule is CC(C)CCCCC#CCC1(OC2(CC#CCCCCC(C)C)CCCCO2)CCCCO1. The maximum absolute atomic E-state index is 6.78. The standard InChI is InChI=1S/C30H50O3/c1-27(2)19-11-7-5-9-13-21-29(23-15-17-25-31-29)33-30(24-16-18-26-32-30)22-14-10-6-8-12-20-28(3)4/h27-28H,5-8,11-12,15-26H2,1-4H3. The number of hydrogen-bond acceptors (Lipinski definition) is 3. The normalized spacial score (nSPS) is 25.4. The zero-order valence-electron chi connectivity index (χ0n) is 22.1. The second-order valence-electron chi connectivity index (χ2n) is 10.9. The second-order valence-corrected chi connectivity index (χ2v) is 10.9. The average Bonchev–Trinajstić information content (AvgIpc) is 2.78. The Balaban J connectivity index is 1.93. The van der Waals surface area contributed by atoms with Crippen LogP contribution in [0.4, 0.5) is 0 Å². The second kappa shape index (κ2) is 15.8. The maximum Gasteiger partial charge on any atom is 0.182 e. The molecule has 0 aromatic rings. The first-order valence-corrected chi connectivity index (χ1v) is 13.8. The Morgan fingerprint density at radius 1 is 0.636 bits per heavy atom. The van der Waals surface area contributed by atoms with Gasteiger partial charge in [-0.1, -0.05) is 65.2 Å². The van der Waals surface area contributed by atoms with E-state index in [4.69, 9.17) is 14.2 Å². The van der Waals surface area contributed by atoms with Gasteiger partial charge in [0.2, 0.25) is 0 Å². The molecule has 0 aliphatic carbocycles. The summed E-state index contributed by atoms with van der Waals surface area (Å²) in [5, 5.41) is 0. The molecule has 2 fully saturated rings. The summed E-state index contributed by atoms with van der Waals surface area (Å²) in [6.07, 6.45) is 16.9. The van der Waals surface area contributed by atoms with Crippen LogP contribution in [0, 0.1) is 35.5 Å². The predicted molar refractivity (Wildman–Crippen MR) is 138 cm³/mol. The van der Waals surface area contributed by atoms with Crippen LogP contribution >= 0.6 is 0 Å². The van der Waals surface area contributed by atoms with Gasteiger partial charge in [0, 0.05) is 25.7 Å². The highest BCUT2D eigenvalue weighted by Crippen LogP contribution is 2.39. The molecule has 3 heteroatoms. The minimum atomic E-state index is -0.639. The van der Waals surface area contributed by atoms with Gasteiger partial charge in [0.25, 0.3) is 0 Å². The molecule has 0 N–H and O–H groups in total. The number of ether oxygens (including phenoxy) is 3. The number of rotatable bonds is 12. The first-order chi connectivity index (χ1) is 16.0. The van der Waals surface area contributed by atoms with Crippen LogP contribution in [0.3, 0.4) is 0 Å². The van der Waals surface area contributed by atoms with Crippen LogP contribution in [-0.4, -0.2) is 24.8 Å². The molecule has 0 aromatic heterocycles. The highest BCUT2D eigenvalue weighted by atomic mass is 16.8. The molecule has 0 saturated carbocycles. The van der Waals surface area contributed by atoms with E-state index in [1.165, 1.54) is 38.5 Å². The van der Waals surface area contributed by atoms with Crippen molar-refractivity contribution in [3.05, 3.63) is 0 Å². The van der Waals surface area contributed by atoms with Crippen molar-refractivity contribution in [1.82, 2.24) is 0 Å². The van der Waals surface area contributed by atoms with Crippen LogP contribution < -0.4 is 0 Å². The third kappa shape index (κ3) is 11.8. The van der Waals surface area contributed by atoms with Gasteiger partial charge < -0.3 is 14.2 Å². The van der Waals surface area contributed by atoms with E-state index in [1.54, 1.807) is 0 Å². The third-order valence-corrected chi connectivity index (χ3v) is 6.64. The Bertz CT molecular complexity index is 575. The fraction of sp³-hybridized carbons (Fsp3) is 0.867. The minimum absolute atomic E-state index is 0.630. The van der Waals surface area contributed by atoms with E-state index in [2.05, 4.69) is 51.4 Å². The zero-order chi connectivity index (χ0) is 23.8. The van der Waals surface area contributed by atoms with E-state index in [1.807, 2.05) is 0 Å². The Kier molecular flexibility index (Phi) is 13.5. The molecule has 3 nitrogen and oxygen atoms in total. The highest BCUT2D eigenvalue weighted by Gasteiger charge is 2.45. The van der Waals surface area contributed by atoms with Gasteiger partial charge in [-0.05, 0) is 50.4 Å². The fourth-order valence-electron chi connectivity index (χ4n) is 4.61. The lowest BCUT2D eigenvalue weighted by Crippen LogP contribution is -2.50. The maximum atomic E-state index is 6.78. The molecule has 0 amide bonds. The van der Waals surface area contributed by atoms with Gasteiger partial charge >= 0.3 is 0 Å². The molecule has 2 aliphatic rings. The van der Waals surface area contributed by atoms with E-state index in [-0.39, 0.29) is 0 Å². The van der Waals surface area contributed by atoms with E-state index < -0.39 is 11.6 Å². The molecule has 2 atom stereocenters. The van der Waals surface area contributed by atoms with Crippen LogP contribution in [0.5, 0.6) is 0 Å². The molecule has 0 radical (unpaired) electrons. The van der Waals surface area contributed by atoms with Gasteiger partial charge in [-0.2, -0.15) is 0 Å². The van der Waals surface area contributed by atoms with Gasteiger partial charge in [0.05, 0.1) is 26.1 Å². The number of hydrogen-bond donors (Lipinski definition) is 0. The summed E-state index contributed by atoms with van der Waals surface area (Å²) >= 11 is 0. The summed E-state index contributed by atoms with van der Waals surface area (Å²) in [5.41, 5.74) is 0. The van der Waals surface area contributed by atoms with Crippen LogP contribution in [0.15, 0.2) is 0 Å². The predicted octanol–water partition coefficient (Wildman–Crippen LogP) is 8.02. The monoisotopic (exact) mass is 458 g/mol. The molecule has 0 bridgehead atoms. The van der Waals surface area contributed by atoms with E-state index in [0.29, 0.717) is 12.8 Å². The molecule has 2 saturated heterocycles. The summed E-state index contributed by atoms with van der Waals surface area (Å²) in [6, 6.07) is 0. The van der Waals surface area contributed by atoms with E-state index in [9.17, 15) is 0 Å². The van der Waals surface area contributed by atoms with Gasteiger partial charge in [-0.3, -0.25) is 0 Å². The first kappa shape index (κ1) is 28.2. The molecular formula is C30H50O3. The Labute approximate surface area is 205 Å². The lowest BCUT2D eigenvalue weighted by molar-refractivity contribution is -0.373. The van der Waals surface area contributed by atoms with Crippen molar-refractivity contribution in [1.29, 1.82) is 0 Å². The topological polar surface area (TPSA) is 27.7 Å². The molecular weight excluding hydrogens is 408 g/mol. The van der Waals surface area contributed by atoms with Crippen molar-refractivity contribution in [2.24, 2.45) is 11.8 Å². The van der Waals surface area contributed by atoms with Crippen LogP contribution in [0.2, 0.25) is 0 Å². The Hall–Kier alpha value is -1.00. The minimum Gasteiger partial charge on any atom is -0.349 e. The smallest absolute Gasteiger partial charge is 0.182 e. The van der Waals surface area contributed by atoms with Crippen molar-refractivity contribution in [2.75, 3.05) is 13.2 Å². The summed E-state index contributed by atoms with van der Waals surface area (Å²) in [7, 11) is 0. The first-order valence-electron chi connectivity index (χ1n) is 13.8. The van der Waals surface area contributed by atoms with Gasteiger partial charge in [0.15, 0.2) is 11.6 Å². The molecule has 33 heavy (non-hydrogen) atoms. The van der Waals surface area contributed by atoms with Crippen LogP contribution in [0.1, 0.15) is 130 Å².